The first kappa shape index (κ1) is 25.2. The second-order valence-corrected chi connectivity index (χ2v) is 10.2. The second-order valence-electron chi connectivity index (χ2n) is 10.2. The molecule has 2 bridgehead atoms. The maximum atomic E-state index is 13.8. The lowest BCUT2D eigenvalue weighted by atomic mass is 9.98. The highest BCUT2D eigenvalue weighted by Crippen LogP contribution is 2.44. The summed E-state index contributed by atoms with van der Waals surface area (Å²) in [5, 5.41) is 0. The molecule has 2 fully saturated rings. The van der Waals surface area contributed by atoms with Crippen LogP contribution in [-0.4, -0.2) is 72.6 Å². The maximum absolute atomic E-state index is 13.8. The molecule has 1 aliphatic carbocycles. The molecule has 7 nitrogen and oxygen atoms in total. The zero-order chi connectivity index (χ0) is 25.9. The Hall–Kier alpha value is -3.45. The summed E-state index contributed by atoms with van der Waals surface area (Å²) in [5.41, 5.74) is 4.54. The first-order chi connectivity index (χ1) is 18.0. The molecule has 2 saturated heterocycles. The van der Waals surface area contributed by atoms with Gasteiger partial charge in [0.05, 0.1) is 25.3 Å². The predicted molar refractivity (Wildman–Crippen MR) is 140 cm³/mol. The lowest BCUT2D eigenvalue weighted by Gasteiger charge is -2.38. The van der Waals surface area contributed by atoms with E-state index in [1.54, 1.807) is 13.1 Å². The predicted octanol–water partition coefficient (Wildman–Crippen LogP) is 4.55. The van der Waals surface area contributed by atoms with Gasteiger partial charge in [0.1, 0.15) is 18.4 Å². The average Bonchev–Trinajstić information content (AvgIpc) is 3.38. The van der Waals surface area contributed by atoms with Crippen molar-refractivity contribution in [2.24, 2.45) is 0 Å². The molecule has 194 valence electrons. The Morgan fingerprint density at radius 1 is 1.05 bits per heavy atom. The Bertz CT molecular complexity index is 1130. The Balaban J connectivity index is 1.32. The van der Waals surface area contributed by atoms with Crippen molar-refractivity contribution < 1.29 is 23.9 Å². The number of rotatable bonds is 9. The molecule has 5 rings (SSSR count). The molecule has 3 aliphatic rings. The number of carbonyl (C=O) groups excluding carboxylic acids is 3. The van der Waals surface area contributed by atoms with Crippen molar-refractivity contribution in [1.82, 2.24) is 9.80 Å². The molecule has 2 unspecified atom stereocenters. The van der Waals surface area contributed by atoms with Crippen LogP contribution in [0.4, 0.5) is 4.79 Å². The van der Waals surface area contributed by atoms with Crippen LogP contribution in [-0.2, 0) is 19.1 Å². The highest BCUT2D eigenvalue weighted by atomic mass is 16.6. The summed E-state index contributed by atoms with van der Waals surface area (Å²) in [7, 11) is 1.56. The molecule has 2 aromatic rings. The zero-order valence-electron chi connectivity index (χ0n) is 21.3. The average molecular weight is 503 g/mol. The van der Waals surface area contributed by atoms with E-state index in [4.69, 9.17) is 9.47 Å². The van der Waals surface area contributed by atoms with Gasteiger partial charge in [-0.3, -0.25) is 14.5 Å². The van der Waals surface area contributed by atoms with Gasteiger partial charge in [0.25, 0.3) is 0 Å². The molecular weight excluding hydrogens is 468 g/mol. The standard InChI is InChI=1S/C30H34N2O5/c1-3-4-9-22(33)16-28(29(34)32-20-14-15-21(32)18-36-17-20)31(2)30(35)37-19-27-25-12-7-5-10-23(25)24-11-6-8-13-26(24)27/h3,5-8,10-13,20-21,27-28H,1,4,9,14-19H2,2H3/t20?,21?,28-/m0/s1. The number of nitrogens with zero attached hydrogens (tertiary/aromatic N) is 2. The molecule has 0 saturated carbocycles. The molecule has 2 aromatic carbocycles. The van der Waals surface area contributed by atoms with Gasteiger partial charge in [0.2, 0.25) is 5.91 Å². The molecule has 37 heavy (non-hydrogen) atoms. The van der Waals surface area contributed by atoms with Crippen molar-refractivity contribution in [2.75, 3.05) is 26.9 Å². The number of Topliss-reactive ketones (excluding diaryl/α,β-unsaturated/α-hetero) is 1. The summed E-state index contributed by atoms with van der Waals surface area (Å²) in [6.45, 7) is 4.83. The molecule has 0 N–H and O–H groups in total. The highest BCUT2D eigenvalue weighted by Gasteiger charge is 2.44. The lowest BCUT2D eigenvalue weighted by Crippen LogP contribution is -2.57. The molecule has 0 radical (unpaired) electrons. The largest absolute Gasteiger partial charge is 0.448 e. The van der Waals surface area contributed by atoms with Crippen LogP contribution in [0.25, 0.3) is 11.1 Å². The Morgan fingerprint density at radius 3 is 2.24 bits per heavy atom. The number of ether oxygens (including phenoxy) is 2. The van der Waals surface area contributed by atoms with Gasteiger partial charge >= 0.3 is 6.09 Å². The van der Waals surface area contributed by atoms with E-state index in [2.05, 4.69) is 30.8 Å². The minimum Gasteiger partial charge on any atom is -0.448 e. The van der Waals surface area contributed by atoms with E-state index in [1.165, 1.54) is 4.90 Å². The Morgan fingerprint density at radius 2 is 1.65 bits per heavy atom. The van der Waals surface area contributed by atoms with Crippen molar-refractivity contribution in [3.8, 4) is 11.1 Å². The van der Waals surface area contributed by atoms with Gasteiger partial charge in [-0.1, -0.05) is 54.6 Å². The van der Waals surface area contributed by atoms with Crippen molar-refractivity contribution in [2.45, 2.75) is 56.1 Å². The number of morpholine rings is 1. The summed E-state index contributed by atoms with van der Waals surface area (Å²) < 4.78 is 11.5. The van der Waals surface area contributed by atoms with Crippen molar-refractivity contribution in [3.63, 3.8) is 0 Å². The molecule has 2 heterocycles. The van der Waals surface area contributed by atoms with Gasteiger partial charge < -0.3 is 14.4 Å². The summed E-state index contributed by atoms with van der Waals surface area (Å²) in [4.78, 5) is 42.9. The topological polar surface area (TPSA) is 76.2 Å². The van der Waals surface area contributed by atoms with Crippen LogP contribution >= 0.6 is 0 Å². The molecule has 7 heteroatoms. The summed E-state index contributed by atoms with van der Waals surface area (Å²) in [6.07, 6.45) is 3.64. The molecule has 2 amide bonds. The van der Waals surface area contributed by atoms with Crippen LogP contribution in [0.15, 0.2) is 61.2 Å². The zero-order valence-corrected chi connectivity index (χ0v) is 21.3. The third-order valence-corrected chi connectivity index (χ3v) is 7.92. The fourth-order valence-corrected chi connectivity index (χ4v) is 5.95. The monoisotopic (exact) mass is 502 g/mol. The number of amides is 2. The molecular formula is C30H34N2O5. The lowest BCUT2D eigenvalue weighted by molar-refractivity contribution is -0.147. The Kier molecular flexibility index (Phi) is 7.42. The van der Waals surface area contributed by atoms with E-state index >= 15 is 0 Å². The maximum Gasteiger partial charge on any atom is 0.410 e. The minimum absolute atomic E-state index is 0.00654. The highest BCUT2D eigenvalue weighted by molar-refractivity contribution is 5.92. The summed E-state index contributed by atoms with van der Waals surface area (Å²) >= 11 is 0. The number of allylic oxidation sites excluding steroid dienone is 1. The summed E-state index contributed by atoms with van der Waals surface area (Å²) in [6, 6.07) is 15.4. The van der Waals surface area contributed by atoms with E-state index in [0.717, 1.165) is 35.1 Å². The van der Waals surface area contributed by atoms with Crippen molar-refractivity contribution in [3.05, 3.63) is 72.3 Å². The number of hydrogen-bond donors (Lipinski definition) is 0. The van der Waals surface area contributed by atoms with E-state index in [0.29, 0.717) is 26.1 Å². The van der Waals surface area contributed by atoms with Crippen LogP contribution in [0.1, 0.15) is 49.1 Å². The quantitative estimate of drug-likeness (QED) is 0.470. The number of benzene rings is 2. The SMILES string of the molecule is C=CCCC(=O)C[C@@H](C(=O)N1C2CCC1COC2)N(C)C(=O)OCC1c2ccccc2-c2ccccc21. The van der Waals surface area contributed by atoms with Crippen LogP contribution < -0.4 is 0 Å². The molecule has 0 spiro atoms. The minimum atomic E-state index is -0.908. The normalized spacial score (nSPS) is 20.6. The van der Waals surface area contributed by atoms with E-state index in [1.807, 2.05) is 29.2 Å². The third-order valence-electron chi connectivity index (χ3n) is 7.92. The third kappa shape index (κ3) is 4.92. The van der Waals surface area contributed by atoms with Gasteiger partial charge in [-0.25, -0.2) is 4.79 Å². The van der Waals surface area contributed by atoms with Crippen molar-refractivity contribution >= 4 is 17.8 Å². The smallest absolute Gasteiger partial charge is 0.410 e. The van der Waals surface area contributed by atoms with Crippen LogP contribution in [0.3, 0.4) is 0 Å². The Labute approximate surface area is 218 Å². The summed E-state index contributed by atoms with van der Waals surface area (Å²) in [5.74, 6) is -0.348. The number of likely N-dealkylation sites (N-methyl/N-ethyl adjacent to an activating group) is 1. The van der Waals surface area contributed by atoms with E-state index in [9.17, 15) is 14.4 Å². The first-order valence-electron chi connectivity index (χ1n) is 13.1. The van der Waals surface area contributed by atoms with Crippen LogP contribution in [0, 0.1) is 0 Å². The number of hydrogen-bond acceptors (Lipinski definition) is 5. The van der Waals surface area contributed by atoms with Gasteiger partial charge in [0.15, 0.2) is 0 Å². The van der Waals surface area contributed by atoms with Crippen molar-refractivity contribution in [1.29, 1.82) is 0 Å². The second kappa shape index (κ2) is 10.9. The van der Waals surface area contributed by atoms with Crippen LogP contribution in [0.2, 0.25) is 0 Å². The fourth-order valence-electron chi connectivity index (χ4n) is 5.95. The van der Waals surface area contributed by atoms with E-state index < -0.39 is 12.1 Å². The van der Waals surface area contributed by atoms with Crippen LogP contribution in [0.5, 0.6) is 0 Å². The molecule has 3 atom stereocenters. The first-order valence-corrected chi connectivity index (χ1v) is 13.1. The number of fused-ring (bicyclic) bond motifs is 5. The number of carbonyl (C=O) groups is 3. The van der Waals surface area contributed by atoms with Gasteiger partial charge in [-0.15, -0.1) is 6.58 Å². The fraction of sp³-hybridized carbons (Fsp3) is 0.433. The van der Waals surface area contributed by atoms with Gasteiger partial charge in [-0.2, -0.15) is 0 Å². The van der Waals surface area contributed by atoms with Gasteiger partial charge in [0, 0.05) is 25.8 Å². The molecule has 0 aromatic heterocycles. The van der Waals surface area contributed by atoms with Gasteiger partial charge in [-0.05, 0) is 41.5 Å². The molecule has 2 aliphatic heterocycles. The van der Waals surface area contributed by atoms with E-state index in [-0.39, 0.29) is 42.7 Å². The number of ketones is 1.